The highest BCUT2D eigenvalue weighted by atomic mass is 35.5. The maximum absolute atomic E-state index is 11.9. The summed E-state index contributed by atoms with van der Waals surface area (Å²) in [4.78, 5) is 18.6. The molecule has 0 saturated carbocycles. The van der Waals surface area contributed by atoms with Gasteiger partial charge in [0.1, 0.15) is 4.90 Å². The third-order valence-electron chi connectivity index (χ3n) is 2.45. The molecule has 19 heavy (non-hydrogen) atoms. The Morgan fingerprint density at radius 1 is 1.37 bits per heavy atom. The summed E-state index contributed by atoms with van der Waals surface area (Å²) >= 11 is 5.48. The Bertz CT molecular complexity index is 557. The van der Waals surface area contributed by atoms with E-state index in [1.807, 2.05) is 0 Å². The zero-order chi connectivity index (χ0) is 14.7. The second-order valence-corrected chi connectivity index (χ2v) is 6.58. The van der Waals surface area contributed by atoms with Crippen molar-refractivity contribution in [2.24, 2.45) is 5.41 Å². The lowest BCUT2D eigenvalue weighted by Gasteiger charge is -2.22. The SMILES string of the molecule is CNC(=O)C(C)(C)CNS(=O)(=O)c1cnc(Cl)nc1. The number of hydrogen-bond donors (Lipinski definition) is 2. The predicted octanol–water partition coefficient (Wildman–Crippen LogP) is 0.180. The van der Waals surface area contributed by atoms with E-state index in [4.69, 9.17) is 11.6 Å². The van der Waals surface area contributed by atoms with E-state index in [1.165, 1.54) is 7.05 Å². The molecule has 0 fully saturated rings. The number of amides is 1. The molecule has 0 aromatic carbocycles. The van der Waals surface area contributed by atoms with Crippen molar-refractivity contribution in [1.82, 2.24) is 20.0 Å². The number of carbonyl (C=O) groups is 1. The van der Waals surface area contributed by atoms with Crippen molar-refractivity contribution in [1.29, 1.82) is 0 Å². The highest BCUT2D eigenvalue weighted by molar-refractivity contribution is 7.89. The number of nitrogens with one attached hydrogen (secondary N) is 2. The Kier molecular flexibility index (Phi) is 4.83. The van der Waals surface area contributed by atoms with Gasteiger partial charge in [-0.3, -0.25) is 4.79 Å². The molecule has 1 aromatic rings. The van der Waals surface area contributed by atoms with Gasteiger partial charge in [-0.2, -0.15) is 0 Å². The Labute approximate surface area is 116 Å². The highest BCUT2D eigenvalue weighted by Crippen LogP contribution is 2.15. The van der Waals surface area contributed by atoms with Gasteiger partial charge in [-0.05, 0) is 25.4 Å². The van der Waals surface area contributed by atoms with Crippen LogP contribution in [0.2, 0.25) is 5.28 Å². The van der Waals surface area contributed by atoms with Gasteiger partial charge in [0.05, 0.1) is 17.8 Å². The molecule has 1 rings (SSSR count). The maximum Gasteiger partial charge on any atom is 0.243 e. The van der Waals surface area contributed by atoms with E-state index in [1.54, 1.807) is 13.8 Å². The smallest absolute Gasteiger partial charge is 0.243 e. The van der Waals surface area contributed by atoms with E-state index in [-0.39, 0.29) is 22.6 Å². The molecule has 1 amide bonds. The van der Waals surface area contributed by atoms with E-state index in [0.29, 0.717) is 0 Å². The van der Waals surface area contributed by atoms with Gasteiger partial charge in [0, 0.05) is 13.6 Å². The molecule has 0 aliphatic rings. The Hall–Kier alpha value is -1.25. The number of nitrogens with zero attached hydrogens (tertiary/aromatic N) is 2. The molecule has 1 heterocycles. The first-order valence-electron chi connectivity index (χ1n) is 5.38. The van der Waals surface area contributed by atoms with Crippen molar-refractivity contribution in [3.8, 4) is 0 Å². The van der Waals surface area contributed by atoms with Crippen LogP contribution in [-0.4, -0.2) is 37.9 Å². The average Bonchev–Trinajstić information content (AvgIpc) is 2.36. The third-order valence-corrected chi connectivity index (χ3v) is 4.00. The van der Waals surface area contributed by atoms with E-state index in [9.17, 15) is 13.2 Å². The molecule has 2 N–H and O–H groups in total. The minimum atomic E-state index is -3.77. The minimum absolute atomic E-state index is 0.0374. The number of carbonyl (C=O) groups excluding carboxylic acids is 1. The first-order chi connectivity index (χ1) is 8.69. The van der Waals surface area contributed by atoms with Crippen molar-refractivity contribution >= 4 is 27.5 Å². The average molecular weight is 307 g/mol. The molecule has 0 saturated heterocycles. The lowest BCUT2D eigenvalue weighted by Crippen LogP contribution is -2.43. The summed E-state index contributed by atoms with van der Waals surface area (Å²) in [6.45, 7) is 3.22. The van der Waals surface area contributed by atoms with Crippen LogP contribution in [0.1, 0.15) is 13.8 Å². The topological polar surface area (TPSA) is 101 Å². The predicted molar refractivity (Wildman–Crippen MR) is 70.1 cm³/mol. The number of hydrogen-bond acceptors (Lipinski definition) is 5. The normalized spacial score (nSPS) is 12.2. The summed E-state index contributed by atoms with van der Waals surface area (Å²) in [5.41, 5.74) is -0.866. The summed E-state index contributed by atoms with van der Waals surface area (Å²) in [5, 5.41) is 2.44. The minimum Gasteiger partial charge on any atom is -0.359 e. The molecular formula is C10H15ClN4O3S. The fraction of sp³-hybridized carbons (Fsp3) is 0.500. The van der Waals surface area contributed by atoms with Crippen molar-refractivity contribution in [2.45, 2.75) is 18.7 Å². The zero-order valence-electron chi connectivity index (χ0n) is 10.8. The highest BCUT2D eigenvalue weighted by Gasteiger charge is 2.29. The van der Waals surface area contributed by atoms with Gasteiger partial charge >= 0.3 is 0 Å². The molecule has 106 valence electrons. The van der Waals surface area contributed by atoms with Crippen LogP contribution in [0.15, 0.2) is 17.3 Å². The molecular weight excluding hydrogens is 292 g/mol. The van der Waals surface area contributed by atoms with Crippen LogP contribution in [0.25, 0.3) is 0 Å². The van der Waals surface area contributed by atoms with Crippen LogP contribution >= 0.6 is 11.6 Å². The Balaban J connectivity index is 2.82. The lowest BCUT2D eigenvalue weighted by atomic mass is 9.93. The quantitative estimate of drug-likeness (QED) is 0.756. The van der Waals surface area contributed by atoms with Crippen LogP contribution < -0.4 is 10.0 Å². The number of rotatable bonds is 5. The van der Waals surface area contributed by atoms with Crippen molar-refractivity contribution in [3.63, 3.8) is 0 Å². The molecule has 0 aliphatic carbocycles. The first-order valence-corrected chi connectivity index (χ1v) is 7.24. The third kappa shape index (κ3) is 4.12. The molecule has 7 nitrogen and oxygen atoms in total. The summed E-state index contributed by atoms with van der Waals surface area (Å²) in [5.74, 6) is -0.262. The Morgan fingerprint density at radius 2 is 1.89 bits per heavy atom. The second kappa shape index (κ2) is 5.81. The van der Waals surface area contributed by atoms with E-state index in [0.717, 1.165) is 12.4 Å². The molecule has 0 unspecified atom stereocenters. The summed E-state index contributed by atoms with van der Waals surface area (Å²) in [6.07, 6.45) is 2.20. The Morgan fingerprint density at radius 3 is 2.37 bits per heavy atom. The molecule has 9 heteroatoms. The van der Waals surface area contributed by atoms with E-state index < -0.39 is 15.4 Å². The first kappa shape index (κ1) is 15.8. The van der Waals surface area contributed by atoms with Gasteiger partial charge < -0.3 is 5.32 Å². The molecule has 0 atom stereocenters. The number of aromatic nitrogens is 2. The van der Waals surface area contributed by atoms with Gasteiger partial charge in [0.25, 0.3) is 0 Å². The van der Waals surface area contributed by atoms with Crippen LogP contribution in [0.3, 0.4) is 0 Å². The molecule has 0 bridgehead atoms. The second-order valence-electron chi connectivity index (χ2n) is 4.48. The van der Waals surface area contributed by atoms with Gasteiger partial charge in [0.15, 0.2) is 0 Å². The van der Waals surface area contributed by atoms with Gasteiger partial charge in [0.2, 0.25) is 21.2 Å². The van der Waals surface area contributed by atoms with Crippen LogP contribution in [0, 0.1) is 5.41 Å². The lowest BCUT2D eigenvalue weighted by molar-refractivity contribution is -0.128. The number of halogens is 1. The van der Waals surface area contributed by atoms with Crippen molar-refractivity contribution in [3.05, 3.63) is 17.7 Å². The summed E-state index contributed by atoms with van der Waals surface area (Å²) < 4.78 is 26.2. The molecule has 1 aromatic heterocycles. The van der Waals surface area contributed by atoms with E-state index >= 15 is 0 Å². The number of sulfonamides is 1. The summed E-state index contributed by atoms with van der Waals surface area (Å²) in [7, 11) is -2.27. The fourth-order valence-electron chi connectivity index (χ4n) is 1.22. The van der Waals surface area contributed by atoms with E-state index in [2.05, 4.69) is 20.0 Å². The van der Waals surface area contributed by atoms with Gasteiger partial charge in [-0.1, -0.05) is 0 Å². The summed E-state index contributed by atoms with van der Waals surface area (Å²) in [6, 6.07) is 0. The standard InChI is InChI=1S/C10H15ClN4O3S/c1-10(2,8(16)12-3)6-15-19(17,18)7-4-13-9(11)14-5-7/h4-5,15H,6H2,1-3H3,(H,12,16). The monoisotopic (exact) mass is 306 g/mol. The van der Waals surface area contributed by atoms with Crippen LogP contribution in [-0.2, 0) is 14.8 Å². The molecule has 0 spiro atoms. The largest absolute Gasteiger partial charge is 0.359 e. The zero-order valence-corrected chi connectivity index (χ0v) is 12.3. The fourth-order valence-corrected chi connectivity index (χ4v) is 2.41. The van der Waals surface area contributed by atoms with Crippen LogP contribution in [0.5, 0.6) is 0 Å². The maximum atomic E-state index is 11.9. The molecule has 0 radical (unpaired) electrons. The van der Waals surface area contributed by atoms with Gasteiger partial charge in [-0.15, -0.1) is 0 Å². The van der Waals surface area contributed by atoms with Crippen molar-refractivity contribution in [2.75, 3.05) is 13.6 Å². The van der Waals surface area contributed by atoms with Crippen molar-refractivity contribution < 1.29 is 13.2 Å². The van der Waals surface area contributed by atoms with Crippen LogP contribution in [0.4, 0.5) is 0 Å². The molecule has 0 aliphatic heterocycles. The van der Waals surface area contributed by atoms with Gasteiger partial charge in [-0.25, -0.2) is 23.1 Å².